The van der Waals surface area contributed by atoms with Crippen molar-refractivity contribution in [2.75, 3.05) is 17.7 Å². The van der Waals surface area contributed by atoms with Crippen LogP contribution in [0.15, 0.2) is 65.8 Å². The Balaban J connectivity index is 1.38. The summed E-state index contributed by atoms with van der Waals surface area (Å²) in [5, 5.41) is 24.5. The number of amides is 1. The van der Waals surface area contributed by atoms with Gasteiger partial charge in [0.25, 0.3) is 0 Å². The second-order valence-electron chi connectivity index (χ2n) is 7.57. The number of thioether (sulfide) groups is 1. The number of anilines is 1. The fourth-order valence-electron chi connectivity index (χ4n) is 3.20. The first-order valence-corrected chi connectivity index (χ1v) is 12.3. The number of aromatic nitrogens is 4. The second kappa shape index (κ2) is 11.4. The van der Waals surface area contributed by atoms with Gasteiger partial charge in [-0.05, 0) is 70.4 Å². The molecule has 12 heteroatoms. The Morgan fingerprint density at radius 3 is 2.47 bits per heavy atom. The van der Waals surface area contributed by atoms with E-state index in [2.05, 4.69) is 20.8 Å². The maximum absolute atomic E-state index is 12.6. The van der Waals surface area contributed by atoms with E-state index in [1.807, 2.05) is 31.2 Å². The highest BCUT2D eigenvalue weighted by Crippen LogP contribution is 2.30. The van der Waals surface area contributed by atoms with Gasteiger partial charge < -0.3 is 15.2 Å². The molecule has 0 atom stereocenters. The summed E-state index contributed by atoms with van der Waals surface area (Å²) in [6.07, 6.45) is 0. The van der Waals surface area contributed by atoms with E-state index in [4.69, 9.17) is 33.0 Å². The van der Waals surface area contributed by atoms with E-state index in [-0.39, 0.29) is 11.7 Å². The number of aryl methyl sites for hydroxylation is 1. The van der Waals surface area contributed by atoms with Gasteiger partial charge >= 0.3 is 5.97 Å². The smallest absolute Gasteiger partial charge is 0.341 e. The number of carboxylic acid groups (broad SMARTS) is 1. The SMILES string of the molecule is Cc1ccc(-n2nnnc2SCC(=O)Nc2ccc(-c3ccc(OCC(=O)O)cc3)cc2Cl)c(Cl)c1. The van der Waals surface area contributed by atoms with E-state index < -0.39 is 12.6 Å². The van der Waals surface area contributed by atoms with Crippen LogP contribution in [-0.4, -0.2) is 49.6 Å². The minimum absolute atomic E-state index is 0.0553. The van der Waals surface area contributed by atoms with Crippen LogP contribution in [0.25, 0.3) is 16.8 Å². The number of carboxylic acids is 1. The molecule has 0 aliphatic heterocycles. The molecule has 0 bridgehead atoms. The largest absolute Gasteiger partial charge is 0.482 e. The topological polar surface area (TPSA) is 119 Å². The first-order chi connectivity index (χ1) is 17.3. The molecule has 4 rings (SSSR count). The summed E-state index contributed by atoms with van der Waals surface area (Å²) in [5.41, 5.74) is 3.78. The van der Waals surface area contributed by atoms with Crippen molar-refractivity contribution in [2.45, 2.75) is 12.1 Å². The molecule has 9 nitrogen and oxygen atoms in total. The molecular formula is C24H19Cl2N5O4S. The average molecular weight is 544 g/mol. The van der Waals surface area contributed by atoms with Crippen molar-refractivity contribution in [3.63, 3.8) is 0 Å². The van der Waals surface area contributed by atoms with Gasteiger partial charge in [-0.25, -0.2) is 4.79 Å². The number of aliphatic carboxylic acids is 1. The summed E-state index contributed by atoms with van der Waals surface area (Å²) in [7, 11) is 0. The van der Waals surface area contributed by atoms with E-state index in [1.165, 1.54) is 16.4 Å². The van der Waals surface area contributed by atoms with Crippen molar-refractivity contribution >= 4 is 52.5 Å². The Kier molecular flexibility index (Phi) is 8.09. The summed E-state index contributed by atoms with van der Waals surface area (Å²) in [4.78, 5) is 23.2. The Bertz CT molecular complexity index is 1410. The van der Waals surface area contributed by atoms with Crippen molar-refractivity contribution in [3.8, 4) is 22.6 Å². The van der Waals surface area contributed by atoms with Gasteiger partial charge in [-0.15, -0.1) is 5.10 Å². The molecule has 184 valence electrons. The van der Waals surface area contributed by atoms with Crippen LogP contribution in [0.4, 0.5) is 5.69 Å². The van der Waals surface area contributed by atoms with Crippen LogP contribution >= 0.6 is 35.0 Å². The summed E-state index contributed by atoms with van der Waals surface area (Å²) in [5.74, 6) is -0.820. The predicted molar refractivity (Wildman–Crippen MR) is 138 cm³/mol. The molecular weight excluding hydrogens is 525 g/mol. The number of nitrogens with one attached hydrogen (secondary N) is 1. The molecule has 0 spiro atoms. The monoisotopic (exact) mass is 543 g/mol. The number of carbonyl (C=O) groups excluding carboxylic acids is 1. The predicted octanol–water partition coefficient (Wildman–Crippen LogP) is 5.14. The van der Waals surface area contributed by atoms with Gasteiger partial charge in [-0.2, -0.15) is 4.68 Å². The number of rotatable bonds is 9. The Hall–Kier alpha value is -3.60. The van der Waals surface area contributed by atoms with Crippen LogP contribution in [0.3, 0.4) is 0 Å². The number of benzene rings is 3. The average Bonchev–Trinajstić information content (AvgIpc) is 3.31. The Morgan fingerprint density at radius 2 is 1.78 bits per heavy atom. The first-order valence-electron chi connectivity index (χ1n) is 10.5. The zero-order valence-electron chi connectivity index (χ0n) is 18.8. The maximum Gasteiger partial charge on any atom is 0.341 e. The van der Waals surface area contributed by atoms with E-state index >= 15 is 0 Å². The number of nitrogens with zero attached hydrogens (tertiary/aromatic N) is 4. The third-order valence-corrected chi connectivity index (χ3v) is 6.43. The molecule has 0 fully saturated rings. The molecule has 0 saturated carbocycles. The lowest BCUT2D eigenvalue weighted by atomic mass is 10.1. The van der Waals surface area contributed by atoms with Gasteiger partial charge in [0.05, 0.1) is 27.2 Å². The van der Waals surface area contributed by atoms with Crippen molar-refractivity contribution in [3.05, 3.63) is 76.3 Å². The molecule has 1 heterocycles. The van der Waals surface area contributed by atoms with Gasteiger partial charge in [-0.3, -0.25) is 4.79 Å². The Labute approximate surface area is 220 Å². The van der Waals surface area contributed by atoms with Gasteiger partial charge in [0.2, 0.25) is 11.1 Å². The zero-order chi connectivity index (χ0) is 25.7. The lowest BCUT2D eigenvalue weighted by molar-refractivity contribution is -0.139. The highest BCUT2D eigenvalue weighted by atomic mass is 35.5. The van der Waals surface area contributed by atoms with Gasteiger partial charge in [0.1, 0.15) is 5.75 Å². The van der Waals surface area contributed by atoms with Crippen LogP contribution in [0.2, 0.25) is 10.0 Å². The molecule has 36 heavy (non-hydrogen) atoms. The summed E-state index contributed by atoms with van der Waals surface area (Å²) in [6.45, 7) is 1.52. The van der Waals surface area contributed by atoms with Crippen LogP contribution in [0.1, 0.15) is 5.56 Å². The number of tetrazole rings is 1. The summed E-state index contributed by atoms with van der Waals surface area (Å²) in [6, 6.07) is 17.7. The molecule has 0 aliphatic rings. The third kappa shape index (κ3) is 6.34. The van der Waals surface area contributed by atoms with Crippen molar-refractivity contribution in [1.82, 2.24) is 20.2 Å². The minimum Gasteiger partial charge on any atom is -0.482 e. The normalized spacial score (nSPS) is 10.8. The molecule has 4 aromatic rings. The summed E-state index contributed by atoms with van der Waals surface area (Å²) < 4.78 is 6.63. The lowest BCUT2D eigenvalue weighted by Crippen LogP contribution is -2.15. The molecule has 1 aromatic heterocycles. The number of ether oxygens (including phenoxy) is 1. The number of hydrogen-bond acceptors (Lipinski definition) is 7. The second-order valence-corrected chi connectivity index (χ2v) is 9.32. The highest BCUT2D eigenvalue weighted by molar-refractivity contribution is 7.99. The minimum atomic E-state index is -1.05. The zero-order valence-corrected chi connectivity index (χ0v) is 21.1. The maximum atomic E-state index is 12.6. The van der Waals surface area contributed by atoms with Gasteiger partial charge in [0.15, 0.2) is 6.61 Å². The van der Waals surface area contributed by atoms with Gasteiger partial charge in [0, 0.05) is 0 Å². The molecule has 0 saturated heterocycles. The fourth-order valence-corrected chi connectivity index (χ4v) is 4.43. The van der Waals surface area contributed by atoms with Crippen molar-refractivity contribution in [1.29, 1.82) is 0 Å². The van der Waals surface area contributed by atoms with Crippen LogP contribution in [-0.2, 0) is 9.59 Å². The first kappa shape index (κ1) is 25.5. The van der Waals surface area contributed by atoms with Crippen molar-refractivity contribution < 1.29 is 19.4 Å². The third-order valence-electron chi connectivity index (χ3n) is 4.90. The van der Waals surface area contributed by atoms with Gasteiger partial charge in [-0.1, -0.05) is 59.2 Å². The van der Waals surface area contributed by atoms with Crippen LogP contribution < -0.4 is 10.1 Å². The molecule has 0 radical (unpaired) electrons. The standard InChI is InChI=1S/C24H19Cl2N5O4S/c1-14-2-9-21(19(26)10-14)31-24(28-29-30-31)36-13-22(32)27-20-8-5-16(11-18(20)25)15-3-6-17(7-4-15)35-12-23(33)34/h2-11H,12-13H2,1H3,(H,27,32)(H,33,34). The number of hydrogen-bond donors (Lipinski definition) is 2. The van der Waals surface area contributed by atoms with E-state index in [1.54, 1.807) is 36.4 Å². The lowest BCUT2D eigenvalue weighted by Gasteiger charge is -2.10. The van der Waals surface area contributed by atoms with Crippen LogP contribution in [0.5, 0.6) is 5.75 Å². The highest BCUT2D eigenvalue weighted by Gasteiger charge is 2.15. The summed E-state index contributed by atoms with van der Waals surface area (Å²) >= 11 is 13.9. The van der Waals surface area contributed by atoms with E-state index in [9.17, 15) is 9.59 Å². The number of carbonyl (C=O) groups is 2. The quantitative estimate of drug-likeness (QED) is 0.278. The Morgan fingerprint density at radius 1 is 1.03 bits per heavy atom. The van der Waals surface area contributed by atoms with E-state index in [0.29, 0.717) is 32.3 Å². The van der Waals surface area contributed by atoms with E-state index in [0.717, 1.165) is 16.7 Å². The molecule has 2 N–H and O–H groups in total. The van der Waals surface area contributed by atoms with Crippen molar-refractivity contribution in [2.24, 2.45) is 0 Å². The molecule has 0 unspecified atom stereocenters. The number of halogens is 2. The molecule has 1 amide bonds. The fraction of sp³-hybridized carbons (Fsp3) is 0.125. The van der Waals surface area contributed by atoms with Crippen LogP contribution in [0, 0.1) is 6.92 Å². The molecule has 3 aromatic carbocycles. The molecule has 0 aliphatic carbocycles.